The van der Waals surface area contributed by atoms with Crippen LogP contribution in [0.2, 0.25) is 0 Å². The average Bonchev–Trinajstić information content (AvgIpc) is 3.59. The Morgan fingerprint density at radius 1 is 1.21 bits per heavy atom. The van der Waals surface area contributed by atoms with Gasteiger partial charge in [0.2, 0.25) is 0 Å². The Labute approximate surface area is 202 Å². The fraction of sp³-hybridized carbons (Fsp3) is 0.320. The second-order valence-electron chi connectivity index (χ2n) is 8.59. The van der Waals surface area contributed by atoms with Gasteiger partial charge in [0.05, 0.1) is 12.8 Å². The van der Waals surface area contributed by atoms with Crippen LogP contribution in [0.15, 0.2) is 59.2 Å². The van der Waals surface area contributed by atoms with E-state index < -0.39 is 0 Å². The molecule has 0 aliphatic carbocycles. The number of rotatable bonds is 7. The molecule has 0 bridgehead atoms. The van der Waals surface area contributed by atoms with Gasteiger partial charge in [-0.3, -0.25) is 10.2 Å². The van der Waals surface area contributed by atoms with E-state index in [0.717, 1.165) is 53.5 Å². The highest BCUT2D eigenvalue weighted by Gasteiger charge is 2.25. The number of anilines is 3. The van der Waals surface area contributed by atoms with Gasteiger partial charge in [0, 0.05) is 25.3 Å². The predicted octanol–water partition coefficient (Wildman–Crippen LogP) is 5.15. The summed E-state index contributed by atoms with van der Waals surface area (Å²) < 4.78 is 5.47. The monoisotopic (exact) mass is 476 g/mol. The van der Waals surface area contributed by atoms with Crippen molar-refractivity contribution in [2.75, 3.05) is 30.4 Å². The van der Waals surface area contributed by atoms with Crippen molar-refractivity contribution in [1.82, 2.24) is 20.2 Å². The first-order valence-electron chi connectivity index (χ1n) is 11.4. The highest BCUT2D eigenvalue weighted by atomic mass is 32.1. The first kappa shape index (κ1) is 22.4. The molecule has 1 fully saturated rings. The van der Waals surface area contributed by atoms with Gasteiger partial charge < -0.3 is 14.6 Å². The van der Waals surface area contributed by atoms with Crippen LogP contribution in [0.5, 0.6) is 0 Å². The van der Waals surface area contributed by atoms with Gasteiger partial charge in [0.1, 0.15) is 21.9 Å². The lowest BCUT2D eigenvalue weighted by Gasteiger charge is -2.23. The molecular formula is C25H28N6O2S. The molecule has 0 saturated carbocycles. The van der Waals surface area contributed by atoms with Crippen LogP contribution in [-0.4, -0.2) is 47.1 Å². The van der Waals surface area contributed by atoms with E-state index in [0.29, 0.717) is 17.7 Å². The third-order valence-electron chi connectivity index (χ3n) is 6.16. The highest BCUT2D eigenvalue weighted by molar-refractivity contribution is 7.22. The summed E-state index contributed by atoms with van der Waals surface area (Å²) in [5.74, 6) is 1.78. The molecule has 4 aromatic rings. The lowest BCUT2D eigenvalue weighted by Crippen LogP contribution is -2.41. The van der Waals surface area contributed by atoms with Crippen LogP contribution in [0, 0.1) is 6.92 Å². The van der Waals surface area contributed by atoms with E-state index in [2.05, 4.69) is 51.7 Å². The molecule has 1 aliphatic rings. The quantitative estimate of drug-likeness (QED) is 0.384. The van der Waals surface area contributed by atoms with Crippen molar-refractivity contribution in [1.29, 1.82) is 0 Å². The normalized spacial score (nSPS) is 16.1. The standard InChI is InChI=1S/C25H28N6O2S/c1-17-7-9-18(10-8-17)30(2)22-12-11-21-23(28-22)34-25(27-21)29-24(32)26-15-19-5-3-13-31(19)16-20-6-4-14-33-20/h4,6-12,14,19H,3,5,13,15-16H2,1-2H3,(H2,26,27,29,32)/t19-/m1/s1. The number of carbonyl (C=O) groups excluding carboxylic acids is 1. The number of benzene rings is 1. The minimum Gasteiger partial charge on any atom is -0.468 e. The third kappa shape index (κ3) is 5.05. The Hall–Kier alpha value is -3.43. The zero-order valence-electron chi connectivity index (χ0n) is 19.3. The van der Waals surface area contributed by atoms with Crippen LogP contribution >= 0.6 is 11.3 Å². The fourth-order valence-electron chi connectivity index (χ4n) is 4.24. The minimum atomic E-state index is -0.249. The van der Waals surface area contributed by atoms with Crippen molar-refractivity contribution >= 4 is 44.4 Å². The molecule has 1 atom stereocenters. The zero-order chi connectivity index (χ0) is 23.5. The number of aromatic nitrogens is 2. The van der Waals surface area contributed by atoms with Crippen molar-refractivity contribution in [2.24, 2.45) is 0 Å². The summed E-state index contributed by atoms with van der Waals surface area (Å²) in [5.41, 5.74) is 3.05. The zero-order valence-corrected chi connectivity index (χ0v) is 20.1. The maximum atomic E-state index is 12.5. The van der Waals surface area contributed by atoms with Crippen LogP contribution in [0.3, 0.4) is 0 Å². The largest absolute Gasteiger partial charge is 0.468 e. The molecule has 0 spiro atoms. The number of furan rings is 1. The molecule has 3 aromatic heterocycles. The fourth-order valence-corrected chi connectivity index (χ4v) is 5.07. The molecule has 2 N–H and O–H groups in total. The summed E-state index contributed by atoms with van der Waals surface area (Å²) in [6.45, 7) is 4.43. The molecule has 5 rings (SSSR count). The van der Waals surface area contributed by atoms with Gasteiger partial charge in [-0.05, 0) is 62.7 Å². The number of amides is 2. The van der Waals surface area contributed by atoms with Gasteiger partial charge in [0.25, 0.3) is 0 Å². The van der Waals surface area contributed by atoms with Gasteiger partial charge >= 0.3 is 6.03 Å². The topological polar surface area (TPSA) is 86.5 Å². The van der Waals surface area contributed by atoms with Crippen LogP contribution in [0.4, 0.5) is 21.4 Å². The van der Waals surface area contributed by atoms with Crippen molar-refractivity contribution in [3.63, 3.8) is 0 Å². The number of carbonyl (C=O) groups is 1. The van der Waals surface area contributed by atoms with E-state index >= 15 is 0 Å². The summed E-state index contributed by atoms with van der Waals surface area (Å²) >= 11 is 1.37. The van der Waals surface area contributed by atoms with Crippen molar-refractivity contribution in [2.45, 2.75) is 32.4 Å². The SMILES string of the molecule is Cc1ccc(N(C)c2ccc3nc(NC(=O)NC[C@H]4CCCN4Cc4ccco4)sc3n2)cc1. The lowest BCUT2D eigenvalue weighted by molar-refractivity contribution is 0.216. The number of hydrogen-bond donors (Lipinski definition) is 2. The number of aryl methyl sites for hydroxylation is 1. The maximum absolute atomic E-state index is 12.5. The smallest absolute Gasteiger partial charge is 0.321 e. The van der Waals surface area contributed by atoms with Crippen LogP contribution < -0.4 is 15.5 Å². The van der Waals surface area contributed by atoms with Crippen molar-refractivity contribution in [3.8, 4) is 0 Å². The van der Waals surface area contributed by atoms with Gasteiger partial charge in [-0.1, -0.05) is 29.0 Å². The Balaban J connectivity index is 1.19. The number of urea groups is 1. The van der Waals surface area contributed by atoms with E-state index in [1.54, 1.807) is 6.26 Å². The van der Waals surface area contributed by atoms with E-state index in [-0.39, 0.29) is 6.03 Å². The number of pyridine rings is 1. The second-order valence-corrected chi connectivity index (χ2v) is 9.57. The average molecular weight is 477 g/mol. The van der Waals surface area contributed by atoms with E-state index in [4.69, 9.17) is 9.40 Å². The first-order valence-corrected chi connectivity index (χ1v) is 12.3. The summed E-state index contributed by atoms with van der Waals surface area (Å²) in [4.78, 5) is 27.0. The Morgan fingerprint density at radius 2 is 2.06 bits per heavy atom. The van der Waals surface area contributed by atoms with E-state index in [1.807, 2.05) is 36.2 Å². The van der Waals surface area contributed by atoms with Gasteiger partial charge in [-0.25, -0.2) is 14.8 Å². The van der Waals surface area contributed by atoms with Crippen molar-refractivity contribution < 1.29 is 9.21 Å². The van der Waals surface area contributed by atoms with Crippen LogP contribution in [0.1, 0.15) is 24.2 Å². The summed E-state index contributed by atoms with van der Waals surface area (Å²) in [6.07, 6.45) is 3.88. The van der Waals surface area contributed by atoms with Gasteiger partial charge in [0.15, 0.2) is 5.13 Å². The number of nitrogens with zero attached hydrogens (tertiary/aromatic N) is 4. The number of nitrogens with one attached hydrogen (secondary N) is 2. The molecule has 1 saturated heterocycles. The van der Waals surface area contributed by atoms with Crippen LogP contribution in [-0.2, 0) is 6.54 Å². The Bertz CT molecular complexity index is 1250. The minimum absolute atomic E-state index is 0.249. The predicted molar refractivity (Wildman–Crippen MR) is 136 cm³/mol. The molecule has 2 amide bonds. The molecule has 34 heavy (non-hydrogen) atoms. The van der Waals surface area contributed by atoms with Gasteiger partial charge in [-0.2, -0.15) is 0 Å². The molecule has 0 unspecified atom stereocenters. The summed E-state index contributed by atoms with van der Waals surface area (Å²) in [5, 5.41) is 6.40. The van der Waals surface area contributed by atoms with E-state index in [9.17, 15) is 4.79 Å². The Kier molecular flexibility index (Phi) is 6.46. The van der Waals surface area contributed by atoms with Crippen LogP contribution in [0.25, 0.3) is 10.3 Å². The number of fused-ring (bicyclic) bond motifs is 1. The molecule has 176 valence electrons. The molecule has 0 radical (unpaired) electrons. The Morgan fingerprint density at radius 3 is 2.85 bits per heavy atom. The summed E-state index contributed by atoms with van der Waals surface area (Å²) in [6, 6.07) is 16.1. The lowest BCUT2D eigenvalue weighted by atomic mass is 10.2. The third-order valence-corrected chi connectivity index (χ3v) is 7.04. The van der Waals surface area contributed by atoms with E-state index in [1.165, 1.54) is 16.9 Å². The molecule has 8 nitrogen and oxygen atoms in total. The molecule has 1 aromatic carbocycles. The first-order chi connectivity index (χ1) is 16.5. The molecule has 4 heterocycles. The highest BCUT2D eigenvalue weighted by Crippen LogP contribution is 2.29. The number of thiazole rings is 1. The second kappa shape index (κ2) is 9.82. The molecular weight excluding hydrogens is 448 g/mol. The van der Waals surface area contributed by atoms with Crippen molar-refractivity contribution in [3.05, 3.63) is 66.1 Å². The van der Waals surface area contributed by atoms with Gasteiger partial charge in [-0.15, -0.1) is 0 Å². The molecule has 9 heteroatoms. The number of likely N-dealkylation sites (tertiary alicyclic amines) is 1. The number of hydrogen-bond acceptors (Lipinski definition) is 7. The summed E-state index contributed by atoms with van der Waals surface area (Å²) in [7, 11) is 1.99. The molecule has 1 aliphatic heterocycles. The maximum Gasteiger partial charge on any atom is 0.321 e.